The summed E-state index contributed by atoms with van der Waals surface area (Å²) in [5.74, 6) is -1.04. The van der Waals surface area contributed by atoms with Crippen LogP contribution >= 0.6 is 11.6 Å². The van der Waals surface area contributed by atoms with Crippen molar-refractivity contribution in [1.29, 1.82) is 0 Å². The number of carbonyl (C=O) groups excluding carboxylic acids is 1. The molecule has 4 rings (SSSR count). The first-order valence-corrected chi connectivity index (χ1v) is 8.48. The topological polar surface area (TPSA) is 62.6 Å². The molecule has 25 heavy (non-hydrogen) atoms. The van der Waals surface area contributed by atoms with Crippen molar-refractivity contribution in [3.63, 3.8) is 0 Å². The molecule has 0 N–H and O–H groups in total. The fourth-order valence-electron chi connectivity index (χ4n) is 3.17. The van der Waals surface area contributed by atoms with Crippen LogP contribution in [0.2, 0.25) is 5.02 Å². The van der Waals surface area contributed by atoms with E-state index < -0.39 is 18.1 Å². The zero-order valence-electron chi connectivity index (χ0n) is 13.3. The minimum Gasteiger partial charge on any atom is -0.455 e. The van der Waals surface area contributed by atoms with E-state index in [-0.39, 0.29) is 18.0 Å². The molecular formula is C17H16ClFN2O4. The van der Waals surface area contributed by atoms with E-state index in [2.05, 4.69) is 5.10 Å². The Kier molecular flexibility index (Phi) is 4.45. The number of benzene rings is 1. The summed E-state index contributed by atoms with van der Waals surface area (Å²) < 4.78 is 31.5. The van der Waals surface area contributed by atoms with Crippen LogP contribution in [0.4, 0.5) is 4.39 Å². The number of nitrogens with zero attached hydrogens (tertiary/aromatic N) is 2. The van der Waals surface area contributed by atoms with Crippen LogP contribution in [0.1, 0.15) is 28.2 Å². The number of carbonyl (C=O) groups is 1. The van der Waals surface area contributed by atoms with Crippen LogP contribution in [0.5, 0.6) is 0 Å². The van der Waals surface area contributed by atoms with Crippen molar-refractivity contribution in [1.82, 2.24) is 9.78 Å². The molecule has 132 valence electrons. The summed E-state index contributed by atoms with van der Waals surface area (Å²) in [4.78, 5) is 12.4. The summed E-state index contributed by atoms with van der Waals surface area (Å²) in [6.07, 6.45) is 1.79. The fourth-order valence-corrected chi connectivity index (χ4v) is 3.33. The van der Waals surface area contributed by atoms with E-state index in [0.29, 0.717) is 24.7 Å². The SMILES string of the molecule is O=C(OCC1OCCO1)c1nn(-c2ccc(Cl)cc2F)c2c1CCC2. The molecule has 2 aromatic rings. The Balaban J connectivity index is 1.62. The Morgan fingerprint density at radius 3 is 2.92 bits per heavy atom. The van der Waals surface area contributed by atoms with Crippen LogP contribution in [0.15, 0.2) is 18.2 Å². The first kappa shape index (κ1) is 16.5. The van der Waals surface area contributed by atoms with Gasteiger partial charge in [0.05, 0.1) is 13.2 Å². The second-order valence-electron chi connectivity index (χ2n) is 5.90. The molecule has 0 saturated carbocycles. The molecule has 0 atom stereocenters. The second kappa shape index (κ2) is 6.74. The van der Waals surface area contributed by atoms with Crippen LogP contribution in [0, 0.1) is 5.82 Å². The van der Waals surface area contributed by atoms with Gasteiger partial charge in [-0.25, -0.2) is 13.9 Å². The average Bonchev–Trinajstić information content (AvgIpc) is 3.31. The molecule has 0 radical (unpaired) electrons. The normalized spacial score (nSPS) is 17.0. The average molecular weight is 367 g/mol. The Morgan fingerprint density at radius 2 is 2.16 bits per heavy atom. The van der Waals surface area contributed by atoms with Crippen molar-refractivity contribution < 1.29 is 23.4 Å². The lowest BCUT2D eigenvalue weighted by Gasteiger charge is -2.09. The first-order chi connectivity index (χ1) is 12.1. The summed E-state index contributed by atoms with van der Waals surface area (Å²) in [5, 5.41) is 4.62. The molecule has 0 amide bonds. The summed E-state index contributed by atoms with van der Waals surface area (Å²) in [5.41, 5.74) is 2.14. The van der Waals surface area contributed by atoms with Crippen LogP contribution in [0.3, 0.4) is 0 Å². The molecule has 1 aromatic heterocycles. The molecular weight excluding hydrogens is 351 g/mol. The van der Waals surface area contributed by atoms with Crippen molar-refractivity contribution in [3.8, 4) is 5.69 Å². The second-order valence-corrected chi connectivity index (χ2v) is 6.34. The maximum absolute atomic E-state index is 14.3. The lowest BCUT2D eigenvalue weighted by atomic mass is 10.2. The van der Waals surface area contributed by atoms with Gasteiger partial charge in [0.15, 0.2) is 12.0 Å². The van der Waals surface area contributed by atoms with Gasteiger partial charge in [-0.05, 0) is 37.5 Å². The highest BCUT2D eigenvalue weighted by atomic mass is 35.5. The van der Waals surface area contributed by atoms with E-state index in [0.717, 1.165) is 24.1 Å². The lowest BCUT2D eigenvalue weighted by Crippen LogP contribution is -2.20. The monoisotopic (exact) mass is 366 g/mol. The number of aromatic nitrogens is 2. The van der Waals surface area contributed by atoms with Gasteiger partial charge in [0.2, 0.25) is 0 Å². The number of rotatable bonds is 4. The van der Waals surface area contributed by atoms with Gasteiger partial charge in [0, 0.05) is 16.3 Å². The van der Waals surface area contributed by atoms with Gasteiger partial charge in [-0.2, -0.15) is 5.10 Å². The fraction of sp³-hybridized carbons (Fsp3) is 0.412. The molecule has 0 unspecified atom stereocenters. The minimum atomic E-state index is -0.551. The molecule has 1 saturated heterocycles. The molecule has 1 aromatic carbocycles. The van der Waals surface area contributed by atoms with E-state index in [1.165, 1.54) is 10.7 Å². The highest BCUT2D eigenvalue weighted by Crippen LogP contribution is 2.29. The van der Waals surface area contributed by atoms with Crippen molar-refractivity contribution in [2.24, 2.45) is 0 Å². The number of halogens is 2. The number of hydrogen-bond acceptors (Lipinski definition) is 5. The van der Waals surface area contributed by atoms with E-state index in [1.807, 2.05) is 0 Å². The standard InChI is InChI=1S/C17H16ClFN2O4/c18-10-4-5-14(12(19)8-10)21-13-3-1-2-11(13)16(20-21)17(22)25-9-15-23-6-7-24-15/h4-5,8,15H,1-3,6-7,9H2. The molecule has 0 bridgehead atoms. The predicted molar refractivity (Wildman–Crippen MR) is 86.5 cm³/mol. The van der Waals surface area contributed by atoms with Gasteiger partial charge < -0.3 is 14.2 Å². The van der Waals surface area contributed by atoms with E-state index in [4.69, 9.17) is 25.8 Å². The largest absolute Gasteiger partial charge is 0.455 e. The highest BCUT2D eigenvalue weighted by molar-refractivity contribution is 6.30. The minimum absolute atomic E-state index is 0.00970. The molecule has 2 heterocycles. The number of ether oxygens (including phenoxy) is 3. The number of fused-ring (bicyclic) bond motifs is 1. The Morgan fingerprint density at radius 1 is 1.36 bits per heavy atom. The molecule has 1 fully saturated rings. The van der Waals surface area contributed by atoms with Gasteiger partial charge in [0.25, 0.3) is 0 Å². The zero-order chi connectivity index (χ0) is 17.4. The zero-order valence-corrected chi connectivity index (χ0v) is 14.1. The third-order valence-electron chi connectivity index (χ3n) is 4.30. The van der Waals surface area contributed by atoms with Gasteiger partial charge in [0.1, 0.15) is 18.1 Å². The van der Waals surface area contributed by atoms with Crippen molar-refractivity contribution >= 4 is 17.6 Å². The lowest BCUT2D eigenvalue weighted by molar-refractivity contribution is -0.0811. The summed E-state index contributed by atoms with van der Waals surface area (Å²) in [7, 11) is 0. The molecule has 1 aliphatic heterocycles. The van der Waals surface area contributed by atoms with Crippen LogP contribution in [-0.2, 0) is 27.1 Å². The Bertz CT molecular complexity index is 817. The smallest absolute Gasteiger partial charge is 0.359 e. The van der Waals surface area contributed by atoms with Crippen LogP contribution in [0.25, 0.3) is 5.69 Å². The van der Waals surface area contributed by atoms with Crippen LogP contribution < -0.4 is 0 Å². The van der Waals surface area contributed by atoms with Gasteiger partial charge >= 0.3 is 5.97 Å². The Labute approximate surface area is 148 Å². The number of hydrogen-bond donors (Lipinski definition) is 0. The van der Waals surface area contributed by atoms with Crippen molar-refractivity contribution in [2.45, 2.75) is 25.6 Å². The quantitative estimate of drug-likeness (QED) is 0.778. The first-order valence-electron chi connectivity index (χ1n) is 8.10. The Hall–Kier alpha value is -1.96. The van der Waals surface area contributed by atoms with Crippen LogP contribution in [-0.4, -0.2) is 41.9 Å². The third-order valence-corrected chi connectivity index (χ3v) is 4.54. The highest BCUT2D eigenvalue weighted by Gasteiger charge is 2.29. The third kappa shape index (κ3) is 3.15. The summed E-state index contributed by atoms with van der Waals surface area (Å²) in [6, 6.07) is 4.38. The van der Waals surface area contributed by atoms with Crippen molar-refractivity contribution in [2.75, 3.05) is 19.8 Å². The summed E-state index contributed by atoms with van der Waals surface area (Å²) >= 11 is 5.81. The molecule has 8 heteroatoms. The van der Waals surface area contributed by atoms with Gasteiger partial charge in [-0.3, -0.25) is 0 Å². The maximum atomic E-state index is 14.3. The molecule has 6 nitrogen and oxygen atoms in total. The van der Waals surface area contributed by atoms with E-state index in [1.54, 1.807) is 12.1 Å². The molecule has 0 spiro atoms. The maximum Gasteiger partial charge on any atom is 0.359 e. The molecule has 1 aliphatic carbocycles. The van der Waals surface area contributed by atoms with E-state index in [9.17, 15) is 9.18 Å². The van der Waals surface area contributed by atoms with Crippen molar-refractivity contribution in [3.05, 3.63) is 46.0 Å². The molecule has 2 aliphatic rings. The van der Waals surface area contributed by atoms with Gasteiger partial charge in [-0.15, -0.1) is 0 Å². The number of esters is 1. The van der Waals surface area contributed by atoms with Gasteiger partial charge in [-0.1, -0.05) is 11.6 Å². The van der Waals surface area contributed by atoms with E-state index >= 15 is 0 Å². The predicted octanol–water partition coefficient (Wildman–Crippen LogP) is 2.68. The summed E-state index contributed by atoms with van der Waals surface area (Å²) in [6.45, 7) is 0.986.